The molecule has 2 amide bonds. The Hall–Kier alpha value is -1.60. The molecule has 5 fully saturated rings. The zero-order valence-electron chi connectivity index (χ0n) is 16.8. The molecule has 7 heteroatoms. The lowest BCUT2D eigenvalue weighted by Gasteiger charge is -2.54. The SMILES string of the molecule is O=C(NCc1ccc(S(=O)(=O)N2CCCC2)cc1)NC1C2CC3CC(C2)CC1C3. The van der Waals surface area contributed by atoms with E-state index < -0.39 is 10.0 Å². The fourth-order valence-electron chi connectivity index (χ4n) is 6.40. The predicted molar refractivity (Wildman–Crippen MR) is 111 cm³/mol. The molecule has 1 saturated heterocycles. The maximum absolute atomic E-state index is 12.6. The summed E-state index contributed by atoms with van der Waals surface area (Å²) in [5, 5.41) is 6.21. The van der Waals surface area contributed by atoms with E-state index in [1.54, 1.807) is 28.6 Å². The van der Waals surface area contributed by atoms with Gasteiger partial charge in [0.2, 0.25) is 10.0 Å². The average Bonchev–Trinajstić information content (AvgIpc) is 3.25. The highest BCUT2D eigenvalue weighted by Gasteiger charge is 2.48. The summed E-state index contributed by atoms with van der Waals surface area (Å²) in [6.07, 6.45) is 8.40. The molecule has 158 valence electrons. The first-order valence-electron chi connectivity index (χ1n) is 11.1. The van der Waals surface area contributed by atoms with Crippen LogP contribution in [0.1, 0.15) is 50.5 Å². The Morgan fingerprint density at radius 2 is 1.52 bits per heavy atom. The fraction of sp³-hybridized carbons (Fsp3) is 0.682. The molecule has 0 aromatic heterocycles. The zero-order valence-corrected chi connectivity index (χ0v) is 17.7. The number of nitrogens with one attached hydrogen (secondary N) is 2. The van der Waals surface area contributed by atoms with Crippen molar-refractivity contribution in [1.29, 1.82) is 0 Å². The normalized spacial score (nSPS) is 33.7. The standard InChI is InChI=1S/C22H31N3O3S/c26-22(24-21-18-10-16-9-17(12-18)13-19(21)11-16)23-14-15-3-5-20(6-4-15)29(27,28)25-7-1-2-8-25/h3-6,16-19,21H,1-2,7-14H2,(H2,23,24,26). The highest BCUT2D eigenvalue weighted by atomic mass is 32.2. The Kier molecular flexibility index (Phi) is 5.06. The van der Waals surface area contributed by atoms with Gasteiger partial charge in [-0.25, -0.2) is 13.2 Å². The van der Waals surface area contributed by atoms with Crippen LogP contribution in [0.2, 0.25) is 0 Å². The molecule has 5 aliphatic rings. The quantitative estimate of drug-likeness (QED) is 0.773. The van der Waals surface area contributed by atoms with Crippen molar-refractivity contribution in [3.8, 4) is 0 Å². The van der Waals surface area contributed by atoms with Gasteiger partial charge < -0.3 is 10.6 Å². The summed E-state index contributed by atoms with van der Waals surface area (Å²) in [6.45, 7) is 1.62. The molecule has 29 heavy (non-hydrogen) atoms. The fourth-order valence-corrected chi connectivity index (χ4v) is 7.92. The zero-order chi connectivity index (χ0) is 20.0. The molecule has 4 aliphatic carbocycles. The van der Waals surface area contributed by atoms with Crippen LogP contribution in [0.5, 0.6) is 0 Å². The predicted octanol–water partition coefficient (Wildman–Crippen LogP) is 3.10. The Bertz CT molecular complexity index is 834. The first-order chi connectivity index (χ1) is 14.0. The van der Waals surface area contributed by atoms with Gasteiger partial charge in [0.1, 0.15) is 0 Å². The van der Waals surface area contributed by atoms with Gasteiger partial charge in [-0.15, -0.1) is 0 Å². The van der Waals surface area contributed by atoms with Gasteiger partial charge in [-0.1, -0.05) is 12.1 Å². The molecule has 6 rings (SSSR count). The number of benzene rings is 1. The van der Waals surface area contributed by atoms with E-state index in [9.17, 15) is 13.2 Å². The number of carbonyl (C=O) groups excluding carboxylic acids is 1. The van der Waals surface area contributed by atoms with Crippen LogP contribution in [0.3, 0.4) is 0 Å². The maximum Gasteiger partial charge on any atom is 0.315 e. The minimum Gasteiger partial charge on any atom is -0.335 e. The molecule has 1 aromatic rings. The molecule has 1 aromatic carbocycles. The minimum atomic E-state index is -3.38. The Balaban J connectivity index is 1.15. The molecule has 4 bridgehead atoms. The Labute approximate surface area is 173 Å². The Morgan fingerprint density at radius 1 is 0.931 bits per heavy atom. The summed E-state index contributed by atoms with van der Waals surface area (Å²) in [5.41, 5.74) is 0.908. The van der Waals surface area contributed by atoms with E-state index in [1.165, 1.54) is 32.1 Å². The number of hydrogen-bond acceptors (Lipinski definition) is 3. The lowest BCUT2D eigenvalue weighted by atomic mass is 9.54. The number of amides is 2. The molecular formula is C22H31N3O3S. The van der Waals surface area contributed by atoms with Crippen molar-refractivity contribution in [2.24, 2.45) is 23.7 Å². The van der Waals surface area contributed by atoms with Crippen LogP contribution in [0, 0.1) is 23.7 Å². The molecule has 0 spiro atoms. The second kappa shape index (κ2) is 7.58. The van der Waals surface area contributed by atoms with E-state index in [2.05, 4.69) is 10.6 Å². The van der Waals surface area contributed by atoms with Crippen molar-refractivity contribution in [3.63, 3.8) is 0 Å². The van der Waals surface area contributed by atoms with Gasteiger partial charge >= 0.3 is 6.03 Å². The van der Waals surface area contributed by atoms with Crippen LogP contribution in [0.15, 0.2) is 29.2 Å². The molecule has 0 atom stereocenters. The summed E-state index contributed by atoms with van der Waals surface area (Å²) in [5.74, 6) is 3.11. The van der Waals surface area contributed by atoms with Crippen LogP contribution in [-0.2, 0) is 16.6 Å². The van der Waals surface area contributed by atoms with E-state index in [0.29, 0.717) is 42.4 Å². The van der Waals surface area contributed by atoms with E-state index in [-0.39, 0.29) is 6.03 Å². The van der Waals surface area contributed by atoms with E-state index in [0.717, 1.165) is 30.2 Å². The summed E-state index contributed by atoms with van der Waals surface area (Å²) in [4.78, 5) is 12.8. The third kappa shape index (κ3) is 3.79. The second-order valence-corrected chi connectivity index (χ2v) is 11.5. The first-order valence-corrected chi connectivity index (χ1v) is 12.6. The van der Waals surface area contributed by atoms with Gasteiger partial charge in [0.25, 0.3) is 0 Å². The largest absolute Gasteiger partial charge is 0.335 e. The van der Waals surface area contributed by atoms with E-state index in [4.69, 9.17) is 0 Å². The maximum atomic E-state index is 12.6. The summed E-state index contributed by atoms with van der Waals surface area (Å²) in [7, 11) is -3.38. The van der Waals surface area contributed by atoms with Gasteiger partial charge in [0, 0.05) is 25.7 Å². The molecular weight excluding hydrogens is 386 g/mol. The third-order valence-electron chi connectivity index (χ3n) is 7.60. The van der Waals surface area contributed by atoms with Crippen LogP contribution < -0.4 is 10.6 Å². The van der Waals surface area contributed by atoms with Gasteiger partial charge in [-0.05, 0) is 86.3 Å². The second-order valence-electron chi connectivity index (χ2n) is 9.54. The van der Waals surface area contributed by atoms with Crippen molar-refractivity contribution in [2.75, 3.05) is 13.1 Å². The molecule has 1 aliphatic heterocycles. The topological polar surface area (TPSA) is 78.5 Å². The van der Waals surface area contributed by atoms with Crippen molar-refractivity contribution >= 4 is 16.1 Å². The van der Waals surface area contributed by atoms with Gasteiger partial charge in [-0.3, -0.25) is 0 Å². The van der Waals surface area contributed by atoms with Crippen LogP contribution in [0.25, 0.3) is 0 Å². The molecule has 4 saturated carbocycles. The Morgan fingerprint density at radius 3 is 2.10 bits per heavy atom. The summed E-state index contributed by atoms with van der Waals surface area (Å²) >= 11 is 0. The van der Waals surface area contributed by atoms with Crippen LogP contribution in [-0.4, -0.2) is 37.9 Å². The molecule has 1 heterocycles. The van der Waals surface area contributed by atoms with E-state index in [1.807, 2.05) is 0 Å². The number of hydrogen-bond donors (Lipinski definition) is 2. The molecule has 2 N–H and O–H groups in total. The van der Waals surface area contributed by atoms with Crippen molar-refractivity contribution in [2.45, 2.75) is 62.4 Å². The van der Waals surface area contributed by atoms with Crippen LogP contribution >= 0.6 is 0 Å². The van der Waals surface area contributed by atoms with E-state index >= 15 is 0 Å². The minimum absolute atomic E-state index is 0.101. The smallest absolute Gasteiger partial charge is 0.315 e. The molecule has 0 unspecified atom stereocenters. The van der Waals surface area contributed by atoms with Gasteiger partial charge in [0.15, 0.2) is 0 Å². The van der Waals surface area contributed by atoms with Crippen LogP contribution in [0.4, 0.5) is 4.79 Å². The summed E-state index contributed by atoms with van der Waals surface area (Å²) < 4.78 is 26.8. The number of sulfonamides is 1. The number of nitrogens with zero attached hydrogens (tertiary/aromatic N) is 1. The number of urea groups is 1. The van der Waals surface area contributed by atoms with Crippen molar-refractivity contribution < 1.29 is 13.2 Å². The lowest BCUT2D eigenvalue weighted by molar-refractivity contribution is -0.00942. The van der Waals surface area contributed by atoms with Gasteiger partial charge in [-0.2, -0.15) is 4.31 Å². The highest BCUT2D eigenvalue weighted by molar-refractivity contribution is 7.89. The summed E-state index contributed by atoms with van der Waals surface area (Å²) in [6, 6.07) is 7.13. The first kappa shape index (κ1) is 19.4. The number of carbonyl (C=O) groups is 1. The monoisotopic (exact) mass is 417 g/mol. The highest BCUT2D eigenvalue weighted by Crippen LogP contribution is 2.53. The lowest BCUT2D eigenvalue weighted by Crippen LogP contribution is -2.57. The number of rotatable bonds is 5. The molecule has 0 radical (unpaired) electrons. The average molecular weight is 418 g/mol. The van der Waals surface area contributed by atoms with Gasteiger partial charge in [0.05, 0.1) is 4.90 Å². The van der Waals surface area contributed by atoms with Crippen molar-refractivity contribution in [3.05, 3.63) is 29.8 Å². The van der Waals surface area contributed by atoms with Crippen molar-refractivity contribution in [1.82, 2.24) is 14.9 Å². The molecule has 6 nitrogen and oxygen atoms in total. The third-order valence-corrected chi connectivity index (χ3v) is 9.52.